The number of aromatic nitrogens is 1. The Morgan fingerprint density at radius 2 is 2.53 bits per heavy atom. The van der Waals surface area contributed by atoms with Gasteiger partial charge in [-0.1, -0.05) is 0 Å². The number of halogens is 1. The molecule has 1 heterocycles. The van der Waals surface area contributed by atoms with Crippen LogP contribution in [0.15, 0.2) is 22.8 Å². The summed E-state index contributed by atoms with van der Waals surface area (Å²) in [5.41, 5.74) is 0.336. The molecule has 15 heavy (non-hydrogen) atoms. The van der Waals surface area contributed by atoms with E-state index in [1.54, 1.807) is 25.3 Å². The first-order chi connectivity index (χ1) is 7.15. The maximum atomic E-state index is 11.6. The zero-order chi connectivity index (χ0) is 11.3. The van der Waals surface area contributed by atoms with Gasteiger partial charge in [-0.3, -0.25) is 4.79 Å². The van der Waals surface area contributed by atoms with E-state index in [0.29, 0.717) is 16.7 Å². The molecule has 0 aromatic carbocycles. The number of carbonyl (C=O) groups is 1. The highest BCUT2D eigenvalue weighted by Gasteiger charge is 2.11. The lowest BCUT2D eigenvalue weighted by Crippen LogP contribution is -2.28. The Morgan fingerprint density at radius 3 is 3.13 bits per heavy atom. The SMILES string of the molecule is CC(C#N)CNC(=O)c1ncccc1Br. The van der Waals surface area contributed by atoms with Gasteiger partial charge in [0.1, 0.15) is 5.69 Å². The molecule has 0 bridgehead atoms. The van der Waals surface area contributed by atoms with Gasteiger partial charge >= 0.3 is 0 Å². The molecule has 78 valence electrons. The van der Waals surface area contributed by atoms with Gasteiger partial charge in [-0.15, -0.1) is 0 Å². The summed E-state index contributed by atoms with van der Waals surface area (Å²) in [6.45, 7) is 2.08. The van der Waals surface area contributed by atoms with Crippen LogP contribution in [0.4, 0.5) is 0 Å². The molecule has 5 heteroatoms. The van der Waals surface area contributed by atoms with E-state index in [-0.39, 0.29) is 11.8 Å². The molecule has 0 saturated carbocycles. The Bertz CT molecular complexity index is 400. The standard InChI is InChI=1S/C10H10BrN3O/c1-7(5-12)6-14-10(15)9-8(11)3-2-4-13-9/h2-4,7H,6H2,1H3,(H,14,15). The van der Waals surface area contributed by atoms with Gasteiger partial charge in [-0.05, 0) is 35.0 Å². The lowest BCUT2D eigenvalue weighted by Gasteiger charge is -2.06. The predicted octanol–water partition coefficient (Wildman–Crippen LogP) is 1.73. The molecule has 0 aliphatic carbocycles. The van der Waals surface area contributed by atoms with Gasteiger partial charge in [0.05, 0.1) is 12.0 Å². The van der Waals surface area contributed by atoms with Crippen molar-refractivity contribution in [2.45, 2.75) is 6.92 Å². The second kappa shape index (κ2) is 5.47. The summed E-state index contributed by atoms with van der Waals surface area (Å²) in [6.07, 6.45) is 1.55. The van der Waals surface area contributed by atoms with Crippen LogP contribution in [0.25, 0.3) is 0 Å². The first-order valence-electron chi connectivity index (χ1n) is 4.43. The van der Waals surface area contributed by atoms with E-state index >= 15 is 0 Å². The number of hydrogen-bond donors (Lipinski definition) is 1. The fraction of sp³-hybridized carbons (Fsp3) is 0.300. The normalized spacial score (nSPS) is 11.5. The van der Waals surface area contributed by atoms with Crippen molar-refractivity contribution in [3.63, 3.8) is 0 Å². The van der Waals surface area contributed by atoms with Gasteiger partial charge in [-0.25, -0.2) is 4.98 Å². The van der Waals surface area contributed by atoms with Crippen molar-refractivity contribution >= 4 is 21.8 Å². The van der Waals surface area contributed by atoms with E-state index in [0.717, 1.165) is 0 Å². The maximum Gasteiger partial charge on any atom is 0.271 e. The van der Waals surface area contributed by atoms with Crippen LogP contribution in [-0.2, 0) is 0 Å². The van der Waals surface area contributed by atoms with Gasteiger partial charge in [0.25, 0.3) is 5.91 Å². The fourth-order valence-corrected chi connectivity index (χ4v) is 1.36. The van der Waals surface area contributed by atoms with Crippen LogP contribution in [0.1, 0.15) is 17.4 Å². The molecule has 1 atom stereocenters. The second-order valence-corrected chi connectivity index (χ2v) is 3.93. The minimum absolute atomic E-state index is 0.198. The lowest BCUT2D eigenvalue weighted by molar-refractivity contribution is 0.0945. The third-order valence-electron chi connectivity index (χ3n) is 1.76. The van der Waals surface area contributed by atoms with Crippen LogP contribution in [-0.4, -0.2) is 17.4 Å². The van der Waals surface area contributed by atoms with Crippen LogP contribution >= 0.6 is 15.9 Å². The van der Waals surface area contributed by atoms with Crippen molar-refractivity contribution in [2.75, 3.05) is 6.54 Å². The summed E-state index contributed by atoms with van der Waals surface area (Å²) in [4.78, 5) is 15.5. The van der Waals surface area contributed by atoms with E-state index in [1.807, 2.05) is 6.07 Å². The molecule has 1 aromatic rings. The van der Waals surface area contributed by atoms with Gasteiger partial charge in [0.2, 0.25) is 0 Å². The Hall–Kier alpha value is -1.41. The van der Waals surface area contributed by atoms with Crippen LogP contribution in [0.5, 0.6) is 0 Å². The number of amides is 1. The molecule has 0 aliphatic rings. The molecule has 1 aromatic heterocycles. The largest absolute Gasteiger partial charge is 0.349 e. The Balaban J connectivity index is 2.63. The summed E-state index contributed by atoms with van der Waals surface area (Å²) in [5, 5.41) is 11.2. The molecular formula is C10H10BrN3O. The van der Waals surface area contributed by atoms with Crippen molar-refractivity contribution < 1.29 is 4.79 Å². The van der Waals surface area contributed by atoms with E-state index in [4.69, 9.17) is 5.26 Å². The first kappa shape index (κ1) is 11.7. The summed E-state index contributed by atoms with van der Waals surface area (Å²) < 4.78 is 0.645. The molecule has 0 fully saturated rings. The van der Waals surface area contributed by atoms with Crippen LogP contribution in [0, 0.1) is 17.2 Å². The minimum atomic E-state index is -0.274. The number of pyridine rings is 1. The lowest BCUT2D eigenvalue weighted by atomic mass is 10.2. The van der Waals surface area contributed by atoms with Crippen molar-refractivity contribution in [2.24, 2.45) is 5.92 Å². The van der Waals surface area contributed by atoms with E-state index in [9.17, 15) is 4.79 Å². The average molecular weight is 268 g/mol. The molecule has 4 nitrogen and oxygen atoms in total. The quantitative estimate of drug-likeness (QED) is 0.907. The molecule has 1 unspecified atom stereocenters. The monoisotopic (exact) mass is 267 g/mol. The predicted molar refractivity (Wildman–Crippen MR) is 59.0 cm³/mol. The highest BCUT2D eigenvalue weighted by atomic mass is 79.9. The highest BCUT2D eigenvalue weighted by Crippen LogP contribution is 2.12. The summed E-state index contributed by atoms with van der Waals surface area (Å²) in [7, 11) is 0. The molecule has 0 saturated heterocycles. The van der Waals surface area contributed by atoms with Crippen LogP contribution < -0.4 is 5.32 Å². The van der Waals surface area contributed by atoms with Gasteiger partial charge in [-0.2, -0.15) is 5.26 Å². The number of nitrogens with one attached hydrogen (secondary N) is 1. The van der Waals surface area contributed by atoms with Gasteiger partial charge < -0.3 is 5.32 Å². The van der Waals surface area contributed by atoms with Crippen molar-refractivity contribution in [3.05, 3.63) is 28.5 Å². The van der Waals surface area contributed by atoms with E-state index in [1.165, 1.54) is 0 Å². The molecule has 1 N–H and O–H groups in total. The number of carbonyl (C=O) groups excluding carboxylic acids is 1. The summed E-state index contributed by atoms with van der Waals surface area (Å²) >= 11 is 3.23. The molecule has 0 radical (unpaired) electrons. The van der Waals surface area contributed by atoms with Gasteiger partial charge in [0.15, 0.2) is 0 Å². The third-order valence-corrected chi connectivity index (χ3v) is 2.40. The van der Waals surface area contributed by atoms with Crippen LogP contribution in [0.3, 0.4) is 0 Å². The Morgan fingerprint density at radius 1 is 1.80 bits per heavy atom. The molecule has 0 aliphatic heterocycles. The molecular weight excluding hydrogens is 258 g/mol. The van der Waals surface area contributed by atoms with Crippen LogP contribution in [0.2, 0.25) is 0 Å². The smallest absolute Gasteiger partial charge is 0.271 e. The topological polar surface area (TPSA) is 65.8 Å². The number of hydrogen-bond acceptors (Lipinski definition) is 3. The molecule has 1 rings (SSSR count). The number of rotatable bonds is 3. The van der Waals surface area contributed by atoms with Gasteiger partial charge in [0, 0.05) is 17.2 Å². The minimum Gasteiger partial charge on any atom is -0.349 e. The highest BCUT2D eigenvalue weighted by molar-refractivity contribution is 9.10. The Kier molecular flexibility index (Phi) is 4.25. The number of nitrogens with zero attached hydrogens (tertiary/aromatic N) is 2. The third kappa shape index (κ3) is 3.33. The van der Waals surface area contributed by atoms with E-state index in [2.05, 4.69) is 26.2 Å². The summed E-state index contributed by atoms with van der Waals surface area (Å²) in [5.74, 6) is -0.471. The zero-order valence-corrected chi connectivity index (χ0v) is 9.78. The molecule has 1 amide bonds. The van der Waals surface area contributed by atoms with Crippen molar-refractivity contribution in [3.8, 4) is 6.07 Å². The Labute approximate surface area is 96.4 Å². The van der Waals surface area contributed by atoms with Crippen molar-refractivity contribution in [1.82, 2.24) is 10.3 Å². The zero-order valence-electron chi connectivity index (χ0n) is 8.20. The number of nitriles is 1. The maximum absolute atomic E-state index is 11.6. The average Bonchev–Trinajstić information content (AvgIpc) is 2.26. The molecule has 0 spiro atoms. The van der Waals surface area contributed by atoms with Crippen molar-refractivity contribution in [1.29, 1.82) is 5.26 Å². The van der Waals surface area contributed by atoms with E-state index < -0.39 is 0 Å². The first-order valence-corrected chi connectivity index (χ1v) is 5.22. The second-order valence-electron chi connectivity index (χ2n) is 3.07. The fourth-order valence-electron chi connectivity index (χ4n) is 0.928. The summed E-state index contributed by atoms with van der Waals surface area (Å²) in [6, 6.07) is 5.52.